The lowest BCUT2D eigenvalue weighted by atomic mass is 9.96. The molecule has 1 atom stereocenters. The number of halogens is 1. The van der Waals surface area contributed by atoms with Gasteiger partial charge < -0.3 is 10.1 Å². The van der Waals surface area contributed by atoms with Crippen LogP contribution in [0.15, 0.2) is 12.1 Å². The number of aryl methyl sites for hydroxylation is 1. The molecule has 118 valence electrons. The van der Waals surface area contributed by atoms with Gasteiger partial charge in [0, 0.05) is 11.4 Å². The van der Waals surface area contributed by atoms with Crippen LogP contribution >= 0.6 is 11.6 Å². The second kappa shape index (κ2) is 8.05. The van der Waals surface area contributed by atoms with E-state index in [0.717, 1.165) is 55.1 Å². The van der Waals surface area contributed by atoms with Crippen molar-refractivity contribution in [3.63, 3.8) is 0 Å². The van der Waals surface area contributed by atoms with Crippen LogP contribution in [-0.4, -0.2) is 19.7 Å². The average molecular weight is 310 g/mol. The van der Waals surface area contributed by atoms with E-state index >= 15 is 0 Å². The molecule has 1 N–H and O–H groups in total. The standard InChI is InChI=1S/C18H28ClNO/c1-13(2)12-20-8-6-14(3)4-5-15-10-17(19)11-16-7-9-21-18(15)16/h10-11,13-14,20H,4-9,12H2,1-3H3. The maximum absolute atomic E-state index is 6.21. The van der Waals surface area contributed by atoms with Crippen molar-refractivity contribution in [2.24, 2.45) is 11.8 Å². The SMILES string of the molecule is CC(C)CNCCC(C)CCc1cc(Cl)cc2c1OCC2. The van der Waals surface area contributed by atoms with Crippen LogP contribution in [0.5, 0.6) is 5.75 Å². The van der Waals surface area contributed by atoms with E-state index in [1.54, 1.807) is 0 Å². The molecule has 3 heteroatoms. The van der Waals surface area contributed by atoms with Crippen LogP contribution in [0.25, 0.3) is 0 Å². The Morgan fingerprint density at radius 3 is 2.81 bits per heavy atom. The maximum atomic E-state index is 6.21. The van der Waals surface area contributed by atoms with Crippen molar-refractivity contribution in [1.29, 1.82) is 0 Å². The summed E-state index contributed by atoms with van der Waals surface area (Å²) in [6, 6.07) is 4.13. The summed E-state index contributed by atoms with van der Waals surface area (Å²) >= 11 is 6.21. The fourth-order valence-electron chi connectivity index (χ4n) is 2.82. The predicted molar refractivity (Wildman–Crippen MR) is 90.5 cm³/mol. The van der Waals surface area contributed by atoms with Gasteiger partial charge in [-0.3, -0.25) is 0 Å². The first-order valence-corrected chi connectivity index (χ1v) is 8.59. The Hall–Kier alpha value is -0.730. The smallest absolute Gasteiger partial charge is 0.125 e. The van der Waals surface area contributed by atoms with E-state index in [1.807, 2.05) is 6.07 Å². The van der Waals surface area contributed by atoms with Crippen LogP contribution in [0.3, 0.4) is 0 Å². The molecule has 2 nitrogen and oxygen atoms in total. The summed E-state index contributed by atoms with van der Waals surface area (Å²) in [6.07, 6.45) is 4.49. The molecule has 0 spiro atoms. The first-order chi connectivity index (χ1) is 10.1. The van der Waals surface area contributed by atoms with E-state index in [-0.39, 0.29) is 0 Å². The van der Waals surface area contributed by atoms with Crippen molar-refractivity contribution in [2.75, 3.05) is 19.7 Å². The molecule has 21 heavy (non-hydrogen) atoms. The molecule has 0 fully saturated rings. The van der Waals surface area contributed by atoms with Gasteiger partial charge in [0.25, 0.3) is 0 Å². The van der Waals surface area contributed by atoms with E-state index in [2.05, 4.69) is 32.2 Å². The van der Waals surface area contributed by atoms with Gasteiger partial charge in [-0.05, 0) is 67.4 Å². The predicted octanol–water partition coefficient (Wildman–Crippen LogP) is 4.48. The summed E-state index contributed by atoms with van der Waals surface area (Å²) in [5.41, 5.74) is 2.57. The minimum atomic E-state index is 0.723. The normalized spacial score (nSPS) is 15.1. The van der Waals surface area contributed by atoms with Gasteiger partial charge in [-0.25, -0.2) is 0 Å². The van der Waals surface area contributed by atoms with Gasteiger partial charge in [-0.1, -0.05) is 32.4 Å². The van der Waals surface area contributed by atoms with Gasteiger partial charge >= 0.3 is 0 Å². The van der Waals surface area contributed by atoms with Crippen LogP contribution in [0.1, 0.15) is 44.7 Å². The van der Waals surface area contributed by atoms with Gasteiger partial charge in [0.15, 0.2) is 0 Å². The summed E-state index contributed by atoms with van der Waals surface area (Å²) in [7, 11) is 0. The molecular formula is C18H28ClNO. The van der Waals surface area contributed by atoms with E-state index in [0.29, 0.717) is 0 Å². The monoisotopic (exact) mass is 309 g/mol. The Balaban J connectivity index is 1.78. The molecule has 1 heterocycles. The minimum absolute atomic E-state index is 0.723. The fraction of sp³-hybridized carbons (Fsp3) is 0.667. The van der Waals surface area contributed by atoms with Crippen molar-refractivity contribution in [3.8, 4) is 5.75 Å². The van der Waals surface area contributed by atoms with E-state index < -0.39 is 0 Å². The molecule has 0 saturated carbocycles. The lowest BCUT2D eigenvalue weighted by Crippen LogP contribution is -2.22. The Morgan fingerprint density at radius 2 is 2.05 bits per heavy atom. The van der Waals surface area contributed by atoms with E-state index in [1.165, 1.54) is 24.0 Å². The highest BCUT2D eigenvalue weighted by Gasteiger charge is 2.17. The second-order valence-corrected chi connectivity index (χ2v) is 7.12. The zero-order chi connectivity index (χ0) is 15.2. The number of benzene rings is 1. The highest BCUT2D eigenvalue weighted by molar-refractivity contribution is 6.30. The molecule has 0 saturated heterocycles. The summed E-state index contributed by atoms with van der Waals surface area (Å²) in [4.78, 5) is 0. The van der Waals surface area contributed by atoms with Crippen molar-refractivity contribution in [1.82, 2.24) is 5.32 Å². The van der Waals surface area contributed by atoms with E-state index in [9.17, 15) is 0 Å². The summed E-state index contributed by atoms with van der Waals surface area (Å²) < 4.78 is 5.77. The highest BCUT2D eigenvalue weighted by atomic mass is 35.5. The average Bonchev–Trinajstić information content (AvgIpc) is 2.88. The van der Waals surface area contributed by atoms with Crippen LogP contribution in [0, 0.1) is 11.8 Å². The largest absolute Gasteiger partial charge is 0.493 e. The van der Waals surface area contributed by atoms with Crippen LogP contribution in [-0.2, 0) is 12.8 Å². The van der Waals surface area contributed by atoms with Crippen molar-refractivity contribution < 1.29 is 4.74 Å². The molecule has 1 aliphatic heterocycles. The van der Waals surface area contributed by atoms with Crippen molar-refractivity contribution >= 4 is 11.6 Å². The van der Waals surface area contributed by atoms with Gasteiger partial charge in [0.1, 0.15) is 5.75 Å². The summed E-state index contributed by atoms with van der Waals surface area (Å²) in [5.74, 6) is 2.55. The molecule has 0 bridgehead atoms. The third kappa shape index (κ3) is 5.19. The number of rotatable bonds is 8. The Bertz CT molecular complexity index is 459. The molecule has 0 aliphatic carbocycles. The Kier molecular flexibility index (Phi) is 6.38. The van der Waals surface area contributed by atoms with Gasteiger partial charge in [0.2, 0.25) is 0 Å². The molecule has 1 aromatic carbocycles. The number of ether oxygens (including phenoxy) is 1. The van der Waals surface area contributed by atoms with Crippen LogP contribution in [0.2, 0.25) is 5.02 Å². The Labute approximate surface area is 134 Å². The van der Waals surface area contributed by atoms with Gasteiger partial charge in [-0.2, -0.15) is 0 Å². The molecule has 1 unspecified atom stereocenters. The second-order valence-electron chi connectivity index (χ2n) is 6.68. The molecule has 0 amide bonds. The zero-order valence-corrected chi connectivity index (χ0v) is 14.3. The molecular weight excluding hydrogens is 282 g/mol. The molecule has 0 aromatic heterocycles. The topological polar surface area (TPSA) is 21.3 Å². The van der Waals surface area contributed by atoms with Crippen LogP contribution < -0.4 is 10.1 Å². The van der Waals surface area contributed by atoms with Gasteiger partial charge in [-0.15, -0.1) is 0 Å². The van der Waals surface area contributed by atoms with Gasteiger partial charge in [0.05, 0.1) is 6.61 Å². The molecule has 0 radical (unpaired) electrons. The summed E-state index contributed by atoms with van der Waals surface area (Å²) in [5, 5.41) is 4.37. The lowest BCUT2D eigenvalue weighted by molar-refractivity contribution is 0.351. The molecule has 1 aliphatic rings. The number of fused-ring (bicyclic) bond motifs is 1. The third-order valence-corrected chi connectivity index (χ3v) is 4.32. The van der Waals surface area contributed by atoms with Crippen molar-refractivity contribution in [3.05, 3.63) is 28.3 Å². The Morgan fingerprint density at radius 1 is 1.24 bits per heavy atom. The first-order valence-electron chi connectivity index (χ1n) is 8.21. The highest BCUT2D eigenvalue weighted by Crippen LogP contribution is 2.34. The van der Waals surface area contributed by atoms with Crippen LogP contribution in [0.4, 0.5) is 0 Å². The first kappa shape index (κ1) is 16.6. The number of hydrogen-bond acceptors (Lipinski definition) is 2. The fourth-order valence-corrected chi connectivity index (χ4v) is 3.08. The van der Waals surface area contributed by atoms with E-state index in [4.69, 9.17) is 16.3 Å². The number of hydrogen-bond donors (Lipinski definition) is 1. The summed E-state index contributed by atoms with van der Waals surface area (Å²) in [6.45, 7) is 9.86. The quantitative estimate of drug-likeness (QED) is 0.715. The molecule has 1 aromatic rings. The number of nitrogens with one attached hydrogen (secondary N) is 1. The molecule has 2 rings (SSSR count). The third-order valence-electron chi connectivity index (χ3n) is 4.10. The zero-order valence-electron chi connectivity index (χ0n) is 13.5. The lowest BCUT2D eigenvalue weighted by Gasteiger charge is -2.14. The van der Waals surface area contributed by atoms with Crippen molar-refractivity contribution in [2.45, 2.75) is 46.5 Å². The minimum Gasteiger partial charge on any atom is -0.493 e. The maximum Gasteiger partial charge on any atom is 0.125 e.